The maximum atomic E-state index is 11.7. The van der Waals surface area contributed by atoms with E-state index in [1.54, 1.807) is 0 Å². The predicted molar refractivity (Wildman–Crippen MR) is 80.0 cm³/mol. The Kier molecular flexibility index (Phi) is 5.11. The summed E-state index contributed by atoms with van der Waals surface area (Å²) in [6, 6.07) is 7.62. The monoisotopic (exact) mass is 276 g/mol. The first-order valence-corrected chi connectivity index (χ1v) is 7.06. The Morgan fingerprint density at radius 1 is 1.50 bits per heavy atom. The van der Waals surface area contributed by atoms with Gasteiger partial charge in [-0.1, -0.05) is 18.2 Å². The van der Waals surface area contributed by atoms with Crippen molar-refractivity contribution in [2.24, 2.45) is 11.8 Å². The van der Waals surface area contributed by atoms with Crippen molar-refractivity contribution in [3.8, 4) is 0 Å². The molecule has 0 saturated carbocycles. The van der Waals surface area contributed by atoms with Gasteiger partial charge in [0.25, 0.3) is 5.91 Å². The minimum absolute atomic E-state index is 0.227. The first kappa shape index (κ1) is 15.0. The van der Waals surface area contributed by atoms with Gasteiger partial charge in [0.05, 0.1) is 0 Å². The molecule has 0 aliphatic carbocycles. The van der Waals surface area contributed by atoms with Crippen molar-refractivity contribution in [1.82, 2.24) is 15.2 Å². The van der Waals surface area contributed by atoms with Crippen LogP contribution in [0.25, 0.3) is 0 Å². The number of hydrogen-bond acceptors (Lipinski definition) is 4. The average molecular weight is 276 g/mol. The fourth-order valence-electron chi connectivity index (χ4n) is 2.93. The third-order valence-electron chi connectivity index (χ3n) is 3.89. The third-order valence-corrected chi connectivity index (χ3v) is 3.89. The lowest BCUT2D eigenvalue weighted by molar-refractivity contribution is 0.0951. The molecule has 5 nitrogen and oxygen atoms in total. The third kappa shape index (κ3) is 3.79. The lowest BCUT2D eigenvalue weighted by Crippen LogP contribution is -2.32. The van der Waals surface area contributed by atoms with Gasteiger partial charge in [0, 0.05) is 25.2 Å². The van der Waals surface area contributed by atoms with E-state index in [-0.39, 0.29) is 5.91 Å². The van der Waals surface area contributed by atoms with Gasteiger partial charge in [0.2, 0.25) is 0 Å². The Bertz CT molecular complexity index is 463. The molecule has 0 bridgehead atoms. The Morgan fingerprint density at radius 3 is 2.90 bits per heavy atom. The van der Waals surface area contributed by atoms with Crippen LogP contribution in [-0.2, 0) is 6.54 Å². The maximum absolute atomic E-state index is 11.7. The highest BCUT2D eigenvalue weighted by Gasteiger charge is 2.21. The lowest BCUT2D eigenvalue weighted by Gasteiger charge is -2.22. The molecule has 1 aliphatic heterocycles. The number of hydrogen-bond donors (Lipinski definition) is 2. The molecule has 1 saturated heterocycles. The van der Waals surface area contributed by atoms with Crippen LogP contribution in [0, 0.1) is 5.92 Å². The van der Waals surface area contributed by atoms with Gasteiger partial charge in [-0.3, -0.25) is 10.2 Å². The summed E-state index contributed by atoms with van der Waals surface area (Å²) in [5.74, 6) is 5.73. The van der Waals surface area contributed by atoms with Crippen LogP contribution in [-0.4, -0.2) is 49.4 Å². The second kappa shape index (κ2) is 6.83. The number of carbonyl (C=O) groups is 1. The van der Waals surface area contributed by atoms with Crippen LogP contribution in [0.5, 0.6) is 0 Å². The van der Waals surface area contributed by atoms with Gasteiger partial charge in [0.1, 0.15) is 0 Å². The normalized spacial score (nSPS) is 19.5. The summed E-state index contributed by atoms with van der Waals surface area (Å²) in [7, 11) is 4.27. The van der Waals surface area contributed by atoms with Crippen LogP contribution in [0.4, 0.5) is 0 Å². The van der Waals surface area contributed by atoms with E-state index >= 15 is 0 Å². The van der Waals surface area contributed by atoms with Gasteiger partial charge in [-0.2, -0.15) is 0 Å². The minimum atomic E-state index is -0.227. The molecular formula is C15H24N4O. The Morgan fingerprint density at radius 2 is 2.25 bits per heavy atom. The van der Waals surface area contributed by atoms with E-state index in [0.29, 0.717) is 5.56 Å². The fraction of sp³-hybridized carbons (Fsp3) is 0.533. The molecule has 20 heavy (non-hydrogen) atoms. The summed E-state index contributed by atoms with van der Waals surface area (Å²) in [6.45, 7) is 4.17. The molecule has 1 fully saturated rings. The van der Waals surface area contributed by atoms with Crippen molar-refractivity contribution >= 4 is 5.91 Å². The number of hydrazine groups is 1. The topological polar surface area (TPSA) is 61.6 Å². The summed E-state index contributed by atoms with van der Waals surface area (Å²) in [5.41, 5.74) is 3.89. The molecule has 1 aliphatic rings. The van der Waals surface area contributed by atoms with E-state index in [2.05, 4.69) is 29.3 Å². The van der Waals surface area contributed by atoms with Crippen LogP contribution in [0.1, 0.15) is 22.3 Å². The zero-order chi connectivity index (χ0) is 14.5. The number of nitrogens with two attached hydrogens (primary N) is 1. The molecular weight excluding hydrogens is 252 g/mol. The molecule has 1 aromatic rings. The molecule has 0 aromatic heterocycles. The van der Waals surface area contributed by atoms with Crippen molar-refractivity contribution < 1.29 is 4.79 Å². The Balaban J connectivity index is 1.97. The molecule has 110 valence electrons. The summed E-state index contributed by atoms with van der Waals surface area (Å²) in [4.78, 5) is 16.4. The van der Waals surface area contributed by atoms with Crippen molar-refractivity contribution in [3.05, 3.63) is 35.4 Å². The van der Waals surface area contributed by atoms with E-state index < -0.39 is 0 Å². The van der Waals surface area contributed by atoms with Crippen LogP contribution in [0.15, 0.2) is 24.3 Å². The molecule has 3 N–H and O–H groups in total. The van der Waals surface area contributed by atoms with Gasteiger partial charge in [-0.05, 0) is 44.6 Å². The fourth-order valence-corrected chi connectivity index (χ4v) is 2.93. The smallest absolute Gasteiger partial charge is 0.265 e. The second-order valence-electron chi connectivity index (χ2n) is 5.74. The first-order chi connectivity index (χ1) is 9.60. The van der Waals surface area contributed by atoms with Gasteiger partial charge < -0.3 is 9.80 Å². The van der Waals surface area contributed by atoms with Crippen LogP contribution >= 0.6 is 0 Å². The minimum Gasteiger partial charge on any atom is -0.306 e. The molecule has 1 aromatic carbocycles. The molecule has 0 radical (unpaired) electrons. The molecule has 5 heteroatoms. The number of amides is 1. The Hall–Kier alpha value is -1.43. The highest BCUT2D eigenvalue weighted by atomic mass is 16.2. The van der Waals surface area contributed by atoms with Crippen LogP contribution in [0.2, 0.25) is 0 Å². The highest BCUT2D eigenvalue weighted by Crippen LogP contribution is 2.17. The number of benzene rings is 1. The van der Waals surface area contributed by atoms with Gasteiger partial charge in [0.15, 0.2) is 0 Å². The first-order valence-electron chi connectivity index (χ1n) is 7.06. The van der Waals surface area contributed by atoms with E-state index in [1.165, 1.54) is 13.0 Å². The van der Waals surface area contributed by atoms with Crippen molar-refractivity contribution in [1.29, 1.82) is 0 Å². The van der Waals surface area contributed by atoms with Gasteiger partial charge in [-0.15, -0.1) is 0 Å². The molecule has 2 rings (SSSR count). The summed E-state index contributed by atoms with van der Waals surface area (Å²) < 4.78 is 0. The Labute approximate surface area is 120 Å². The van der Waals surface area contributed by atoms with Crippen molar-refractivity contribution in [2.45, 2.75) is 13.0 Å². The highest BCUT2D eigenvalue weighted by molar-refractivity contribution is 5.95. The number of nitrogens with zero attached hydrogens (tertiary/aromatic N) is 2. The number of likely N-dealkylation sites (tertiary alicyclic amines) is 1. The largest absolute Gasteiger partial charge is 0.306 e. The molecule has 1 heterocycles. The number of nitrogens with one attached hydrogen (secondary N) is 1. The quantitative estimate of drug-likeness (QED) is 0.471. The van der Waals surface area contributed by atoms with Gasteiger partial charge in [-0.25, -0.2) is 5.84 Å². The lowest BCUT2D eigenvalue weighted by atomic mass is 10.1. The van der Waals surface area contributed by atoms with Crippen molar-refractivity contribution in [2.75, 3.05) is 33.7 Å². The van der Waals surface area contributed by atoms with Gasteiger partial charge >= 0.3 is 0 Å². The molecule has 1 amide bonds. The molecule has 0 spiro atoms. The summed E-state index contributed by atoms with van der Waals surface area (Å²) >= 11 is 0. The zero-order valence-electron chi connectivity index (χ0n) is 12.3. The number of nitrogen functional groups attached to an aromatic ring is 1. The molecule has 1 atom stereocenters. The number of carbonyl (C=O) groups excluding carboxylic acids is 1. The van der Waals surface area contributed by atoms with E-state index in [9.17, 15) is 4.79 Å². The predicted octanol–water partition coefficient (Wildman–Crippen LogP) is 0.674. The SMILES string of the molecule is CN1CCC(CN(C)Cc2ccccc2C(=O)NN)C1. The molecule has 1 unspecified atom stereocenters. The van der Waals surface area contributed by atoms with Crippen LogP contribution in [0.3, 0.4) is 0 Å². The zero-order valence-corrected chi connectivity index (χ0v) is 12.3. The van der Waals surface area contributed by atoms with E-state index in [1.807, 2.05) is 24.3 Å². The van der Waals surface area contributed by atoms with E-state index in [4.69, 9.17) is 5.84 Å². The van der Waals surface area contributed by atoms with Crippen LogP contribution < -0.4 is 11.3 Å². The second-order valence-corrected chi connectivity index (χ2v) is 5.74. The van der Waals surface area contributed by atoms with E-state index in [0.717, 1.165) is 31.1 Å². The number of rotatable bonds is 5. The maximum Gasteiger partial charge on any atom is 0.265 e. The van der Waals surface area contributed by atoms with Crippen molar-refractivity contribution in [3.63, 3.8) is 0 Å². The standard InChI is InChI=1S/C15H24N4O/c1-18-8-7-12(9-18)10-19(2)11-13-5-3-4-6-14(13)15(20)17-16/h3-6,12H,7-11,16H2,1-2H3,(H,17,20). The average Bonchev–Trinajstić information content (AvgIpc) is 2.83. The summed E-state index contributed by atoms with van der Waals surface area (Å²) in [6.07, 6.45) is 1.26. The summed E-state index contributed by atoms with van der Waals surface area (Å²) in [5, 5.41) is 0.